The molecule has 1 aliphatic carbocycles. The fraction of sp³-hybridized carbons (Fsp3) is 0.583. The smallest absolute Gasteiger partial charge is 0.363 e. The van der Waals surface area contributed by atoms with E-state index in [1.54, 1.807) is 0 Å². The second kappa shape index (κ2) is 3.85. The quantitative estimate of drug-likeness (QED) is 0.881. The highest BCUT2D eigenvalue weighted by molar-refractivity contribution is 5.52. The molecule has 3 atom stereocenters. The largest absolute Gasteiger partial charge is 0.417 e. The van der Waals surface area contributed by atoms with Gasteiger partial charge < -0.3 is 10.6 Å². The third-order valence-electron chi connectivity index (χ3n) is 3.83. The third-order valence-corrected chi connectivity index (χ3v) is 3.83. The molecule has 0 spiro atoms. The Balaban J connectivity index is 1.92. The number of nitrogens with zero attached hydrogens (tertiary/aromatic N) is 2. The van der Waals surface area contributed by atoms with Crippen molar-refractivity contribution in [1.29, 1.82) is 0 Å². The number of aromatic nitrogens is 1. The molecular formula is C12H14F3N3. The Bertz CT molecular complexity index is 460. The molecule has 6 heteroatoms. The summed E-state index contributed by atoms with van der Waals surface area (Å²) in [5.74, 6) is 0.605. The molecule has 18 heavy (non-hydrogen) atoms. The Morgan fingerprint density at radius 2 is 2.11 bits per heavy atom. The summed E-state index contributed by atoms with van der Waals surface area (Å²) in [6.45, 7) is 0.475. The van der Waals surface area contributed by atoms with Gasteiger partial charge in [0, 0.05) is 24.8 Å². The first-order chi connectivity index (χ1) is 8.50. The minimum absolute atomic E-state index is 0.152. The topological polar surface area (TPSA) is 42.1 Å². The van der Waals surface area contributed by atoms with Gasteiger partial charge in [0.2, 0.25) is 0 Å². The molecule has 1 saturated heterocycles. The lowest BCUT2D eigenvalue weighted by molar-refractivity contribution is -0.137. The molecule has 0 aromatic carbocycles. The van der Waals surface area contributed by atoms with E-state index in [9.17, 15) is 13.2 Å². The number of hydrogen-bond donors (Lipinski definition) is 1. The first kappa shape index (κ1) is 11.8. The highest BCUT2D eigenvalue weighted by Crippen LogP contribution is 2.49. The van der Waals surface area contributed by atoms with E-state index in [4.69, 9.17) is 5.73 Å². The molecule has 2 fully saturated rings. The van der Waals surface area contributed by atoms with E-state index < -0.39 is 11.7 Å². The number of rotatable bonds is 2. The van der Waals surface area contributed by atoms with E-state index in [0.717, 1.165) is 19.0 Å². The van der Waals surface area contributed by atoms with Crippen LogP contribution in [0.4, 0.5) is 18.9 Å². The summed E-state index contributed by atoms with van der Waals surface area (Å²) in [4.78, 5) is 5.74. The van der Waals surface area contributed by atoms with Crippen LogP contribution >= 0.6 is 0 Å². The van der Waals surface area contributed by atoms with Crippen LogP contribution in [-0.2, 0) is 6.18 Å². The van der Waals surface area contributed by atoms with Crippen molar-refractivity contribution >= 4 is 5.69 Å². The van der Waals surface area contributed by atoms with Gasteiger partial charge in [0.15, 0.2) is 0 Å². The number of fused-ring (bicyclic) bond motifs is 1. The van der Waals surface area contributed by atoms with Gasteiger partial charge in [-0.15, -0.1) is 0 Å². The van der Waals surface area contributed by atoms with Crippen LogP contribution in [0.5, 0.6) is 0 Å². The summed E-state index contributed by atoms with van der Waals surface area (Å²) in [5.41, 5.74) is 5.54. The van der Waals surface area contributed by atoms with E-state index >= 15 is 0 Å². The number of alkyl halides is 3. The average Bonchev–Trinajstić information content (AvgIpc) is 2.99. The number of pyridine rings is 1. The second-order valence-corrected chi connectivity index (χ2v) is 5.03. The van der Waals surface area contributed by atoms with Crippen LogP contribution in [-0.4, -0.2) is 23.6 Å². The predicted octanol–water partition coefficient (Wildman–Crippen LogP) is 2.03. The molecule has 1 aromatic heterocycles. The Kier molecular flexibility index (Phi) is 2.52. The molecule has 2 heterocycles. The lowest BCUT2D eigenvalue weighted by Crippen LogP contribution is -2.38. The zero-order chi connectivity index (χ0) is 12.9. The van der Waals surface area contributed by atoms with Gasteiger partial charge in [0.1, 0.15) is 0 Å². The van der Waals surface area contributed by atoms with E-state index in [1.807, 2.05) is 4.90 Å². The lowest BCUT2D eigenvalue weighted by Gasteiger charge is -2.28. The summed E-state index contributed by atoms with van der Waals surface area (Å²) in [6, 6.07) is 1.69. The second-order valence-electron chi connectivity index (χ2n) is 5.03. The Morgan fingerprint density at radius 1 is 1.33 bits per heavy atom. The number of halogens is 3. The van der Waals surface area contributed by atoms with E-state index in [0.29, 0.717) is 24.2 Å². The first-order valence-corrected chi connectivity index (χ1v) is 6.01. The fourth-order valence-electron chi connectivity index (χ4n) is 2.90. The van der Waals surface area contributed by atoms with E-state index in [2.05, 4.69) is 4.98 Å². The zero-order valence-electron chi connectivity index (χ0n) is 9.69. The van der Waals surface area contributed by atoms with E-state index in [1.165, 1.54) is 12.3 Å². The van der Waals surface area contributed by atoms with Crippen molar-refractivity contribution in [3.8, 4) is 0 Å². The molecule has 3 rings (SSSR count). The van der Waals surface area contributed by atoms with Crippen molar-refractivity contribution in [2.75, 3.05) is 11.4 Å². The maximum absolute atomic E-state index is 12.7. The molecule has 1 aliphatic heterocycles. The van der Waals surface area contributed by atoms with Crippen LogP contribution in [0.3, 0.4) is 0 Å². The van der Waals surface area contributed by atoms with Gasteiger partial charge in [-0.3, -0.25) is 4.98 Å². The standard InChI is InChI=1S/C12H14F3N3/c13-12(14,15)8-3-10(6-17-5-8)18-9(4-16)1-7-2-11(7)18/h3,5-7,9,11H,1-2,4,16H2. The maximum atomic E-state index is 12.7. The van der Waals surface area contributed by atoms with Crippen molar-refractivity contribution in [2.45, 2.75) is 31.1 Å². The Morgan fingerprint density at radius 3 is 2.78 bits per heavy atom. The van der Waals surface area contributed by atoms with Gasteiger partial charge in [-0.05, 0) is 24.8 Å². The van der Waals surface area contributed by atoms with E-state index in [-0.39, 0.29) is 6.04 Å². The number of piperidine rings is 1. The van der Waals surface area contributed by atoms with Crippen LogP contribution in [0.2, 0.25) is 0 Å². The first-order valence-electron chi connectivity index (χ1n) is 6.01. The van der Waals surface area contributed by atoms with Crippen molar-refractivity contribution in [2.24, 2.45) is 11.7 Å². The fourth-order valence-corrected chi connectivity index (χ4v) is 2.90. The SMILES string of the molecule is NCC1CC2CC2N1c1cncc(C(F)(F)F)c1. The summed E-state index contributed by atoms with van der Waals surface area (Å²) >= 11 is 0. The highest BCUT2D eigenvalue weighted by Gasteiger charge is 2.51. The molecule has 1 saturated carbocycles. The van der Waals surface area contributed by atoms with Gasteiger partial charge in [-0.25, -0.2) is 0 Å². The summed E-state index contributed by atoms with van der Waals surface area (Å²) in [7, 11) is 0. The molecule has 0 amide bonds. The molecule has 3 nitrogen and oxygen atoms in total. The van der Waals surface area contributed by atoms with Crippen molar-refractivity contribution in [3.05, 3.63) is 24.0 Å². The summed E-state index contributed by atoms with van der Waals surface area (Å²) < 4.78 is 38.0. The molecule has 0 bridgehead atoms. The van der Waals surface area contributed by atoms with Crippen molar-refractivity contribution in [1.82, 2.24) is 4.98 Å². The van der Waals surface area contributed by atoms with Gasteiger partial charge in [0.05, 0.1) is 17.4 Å². The van der Waals surface area contributed by atoms with Crippen molar-refractivity contribution in [3.63, 3.8) is 0 Å². The highest BCUT2D eigenvalue weighted by atomic mass is 19.4. The van der Waals surface area contributed by atoms with Crippen LogP contribution in [0.1, 0.15) is 18.4 Å². The monoisotopic (exact) mass is 257 g/mol. The zero-order valence-corrected chi connectivity index (χ0v) is 9.69. The molecule has 98 valence electrons. The summed E-state index contributed by atoms with van der Waals surface area (Å²) in [5, 5.41) is 0. The van der Waals surface area contributed by atoms with Crippen LogP contribution in [0, 0.1) is 5.92 Å². The molecule has 3 unspecified atom stereocenters. The maximum Gasteiger partial charge on any atom is 0.417 e. The van der Waals surface area contributed by atoms with Crippen LogP contribution in [0.15, 0.2) is 18.5 Å². The minimum atomic E-state index is -4.34. The molecule has 0 radical (unpaired) electrons. The predicted molar refractivity (Wildman–Crippen MR) is 61.1 cm³/mol. The van der Waals surface area contributed by atoms with Gasteiger partial charge >= 0.3 is 6.18 Å². The Hall–Kier alpha value is -1.30. The van der Waals surface area contributed by atoms with Gasteiger partial charge in [0.25, 0.3) is 0 Å². The minimum Gasteiger partial charge on any atom is -0.363 e. The number of nitrogens with two attached hydrogens (primary N) is 1. The van der Waals surface area contributed by atoms with Crippen LogP contribution < -0.4 is 10.6 Å². The van der Waals surface area contributed by atoms with Gasteiger partial charge in [-0.1, -0.05) is 0 Å². The molecule has 1 aromatic rings. The number of anilines is 1. The van der Waals surface area contributed by atoms with Crippen LogP contribution in [0.25, 0.3) is 0 Å². The lowest BCUT2D eigenvalue weighted by atomic mass is 10.1. The van der Waals surface area contributed by atoms with Crippen molar-refractivity contribution < 1.29 is 13.2 Å². The average molecular weight is 257 g/mol. The molecule has 2 N–H and O–H groups in total. The third kappa shape index (κ3) is 1.84. The molecule has 2 aliphatic rings. The molecular weight excluding hydrogens is 243 g/mol. The normalized spacial score (nSPS) is 30.4. The Labute approximate surface area is 103 Å². The number of hydrogen-bond acceptors (Lipinski definition) is 3. The van der Waals surface area contributed by atoms with Gasteiger partial charge in [-0.2, -0.15) is 13.2 Å². The summed E-state index contributed by atoms with van der Waals surface area (Å²) in [6.07, 6.45) is 0.0636.